The predicted octanol–water partition coefficient (Wildman–Crippen LogP) is 4.88. The van der Waals surface area contributed by atoms with E-state index in [2.05, 4.69) is 10.2 Å². The normalized spacial score (nSPS) is 15.1. The summed E-state index contributed by atoms with van der Waals surface area (Å²) in [6, 6.07) is 13.0. The van der Waals surface area contributed by atoms with Gasteiger partial charge in [0.25, 0.3) is 17.7 Å². The molecule has 3 aromatic carbocycles. The Morgan fingerprint density at radius 2 is 1.62 bits per heavy atom. The second-order valence-electron chi connectivity index (χ2n) is 9.18. The van der Waals surface area contributed by atoms with Crippen molar-refractivity contribution in [2.75, 3.05) is 28.2 Å². The average molecular weight is 502 g/mol. The molecule has 0 spiro atoms. The first-order valence-electron chi connectivity index (χ1n) is 12.0. The summed E-state index contributed by atoms with van der Waals surface area (Å²) in [7, 11) is 0. The molecule has 1 fully saturated rings. The molecule has 37 heavy (non-hydrogen) atoms. The molecule has 2 aliphatic rings. The quantitative estimate of drug-likeness (QED) is 0.483. The van der Waals surface area contributed by atoms with Crippen LogP contribution < -0.4 is 15.1 Å². The summed E-state index contributed by atoms with van der Waals surface area (Å²) in [4.78, 5) is 54.1. The van der Waals surface area contributed by atoms with Crippen LogP contribution in [0.4, 0.5) is 21.5 Å². The molecule has 2 aliphatic heterocycles. The van der Waals surface area contributed by atoms with Gasteiger partial charge in [0.15, 0.2) is 0 Å². The van der Waals surface area contributed by atoms with Crippen molar-refractivity contribution in [3.05, 3.63) is 88.2 Å². The highest BCUT2D eigenvalue weighted by molar-refractivity contribution is 6.35. The molecular weight excluding hydrogens is 477 g/mol. The zero-order valence-electron chi connectivity index (χ0n) is 20.1. The van der Waals surface area contributed by atoms with Crippen molar-refractivity contribution in [1.29, 1.82) is 0 Å². The first-order valence-corrected chi connectivity index (χ1v) is 12.0. The van der Waals surface area contributed by atoms with Crippen molar-refractivity contribution < 1.29 is 28.7 Å². The molecule has 0 radical (unpaired) electrons. The van der Waals surface area contributed by atoms with Crippen LogP contribution in [0.15, 0.2) is 54.6 Å². The molecule has 8 nitrogen and oxygen atoms in total. The Balaban J connectivity index is 1.53. The van der Waals surface area contributed by atoms with Crippen LogP contribution in [0.5, 0.6) is 0 Å². The maximum absolute atomic E-state index is 14.1. The summed E-state index contributed by atoms with van der Waals surface area (Å²) in [5, 5.41) is 12.0. The van der Waals surface area contributed by atoms with Crippen LogP contribution in [0.1, 0.15) is 66.3 Å². The van der Waals surface area contributed by atoms with Gasteiger partial charge in [0.2, 0.25) is 0 Å². The van der Waals surface area contributed by atoms with Crippen molar-refractivity contribution in [3.8, 4) is 0 Å². The number of nitrogens with one attached hydrogen (secondary N) is 1. The van der Waals surface area contributed by atoms with Crippen LogP contribution in [0.2, 0.25) is 0 Å². The number of hydrogen-bond acceptors (Lipinski definition) is 5. The molecule has 0 aromatic heterocycles. The molecule has 188 valence electrons. The number of amides is 3. The highest BCUT2D eigenvalue weighted by atomic mass is 19.1. The van der Waals surface area contributed by atoms with Crippen molar-refractivity contribution in [2.45, 2.75) is 26.2 Å². The maximum atomic E-state index is 14.1. The second kappa shape index (κ2) is 9.50. The third-order valence-electron chi connectivity index (χ3n) is 6.74. The zero-order chi connectivity index (χ0) is 26.3. The van der Waals surface area contributed by atoms with Gasteiger partial charge in [0.05, 0.1) is 27.9 Å². The monoisotopic (exact) mass is 501 g/mol. The molecule has 9 heteroatoms. The largest absolute Gasteiger partial charge is 0.478 e. The van der Waals surface area contributed by atoms with Gasteiger partial charge < -0.3 is 15.3 Å². The summed E-state index contributed by atoms with van der Waals surface area (Å²) in [6.07, 6.45) is 3.03. The molecule has 3 aromatic rings. The number of carboxylic acids is 1. The Morgan fingerprint density at radius 1 is 0.892 bits per heavy atom. The van der Waals surface area contributed by atoms with E-state index in [1.165, 1.54) is 30.3 Å². The Bertz CT molecular complexity index is 1460. The van der Waals surface area contributed by atoms with Gasteiger partial charge in [-0.25, -0.2) is 14.1 Å². The van der Waals surface area contributed by atoms with E-state index in [1.807, 2.05) is 0 Å². The summed E-state index contributed by atoms with van der Waals surface area (Å²) < 4.78 is 14.1. The first kappa shape index (κ1) is 24.2. The fourth-order valence-corrected chi connectivity index (χ4v) is 4.73. The summed E-state index contributed by atoms with van der Waals surface area (Å²) in [5.74, 6) is -3.43. The number of aryl methyl sites for hydroxylation is 1. The summed E-state index contributed by atoms with van der Waals surface area (Å²) >= 11 is 0. The van der Waals surface area contributed by atoms with Crippen LogP contribution in [0.25, 0.3) is 0 Å². The predicted molar refractivity (Wildman–Crippen MR) is 136 cm³/mol. The lowest BCUT2D eigenvalue weighted by Crippen LogP contribution is -2.33. The van der Waals surface area contributed by atoms with Crippen LogP contribution in [-0.2, 0) is 0 Å². The van der Waals surface area contributed by atoms with Crippen LogP contribution in [0, 0.1) is 12.7 Å². The van der Waals surface area contributed by atoms with Gasteiger partial charge in [-0.3, -0.25) is 14.4 Å². The van der Waals surface area contributed by atoms with E-state index in [0.717, 1.165) is 37.3 Å². The third-order valence-corrected chi connectivity index (χ3v) is 6.74. The summed E-state index contributed by atoms with van der Waals surface area (Å²) in [5.41, 5.74) is 1.79. The number of rotatable bonds is 5. The standard InChI is InChI=1S/C28H24FN3O5/c1-16-5-7-18(14-23(16)29)30-25(33)22-15-19(8-10-24(22)31-11-3-2-4-12-31)32-26(34)20-9-6-17(28(36)37)13-21(20)27(32)35/h5-10,13-15H,2-4,11-12H2,1H3,(H,30,33)(H,36,37). The van der Waals surface area contributed by atoms with Crippen LogP contribution >= 0.6 is 0 Å². The minimum Gasteiger partial charge on any atom is -0.478 e. The molecule has 2 heterocycles. The van der Waals surface area contributed by atoms with Gasteiger partial charge in [-0.05, 0) is 80.3 Å². The SMILES string of the molecule is Cc1ccc(NC(=O)c2cc(N3C(=O)c4ccc(C(=O)O)cc4C3=O)ccc2N2CCCCC2)cc1F. The number of carbonyl (C=O) groups is 4. The molecule has 2 N–H and O–H groups in total. The van der Waals surface area contributed by atoms with Gasteiger partial charge in [-0.2, -0.15) is 0 Å². The highest BCUT2D eigenvalue weighted by Gasteiger charge is 2.38. The number of carbonyl (C=O) groups excluding carboxylic acids is 3. The number of anilines is 3. The zero-order valence-corrected chi connectivity index (χ0v) is 20.1. The van der Waals surface area contributed by atoms with E-state index in [9.17, 15) is 28.7 Å². The van der Waals surface area contributed by atoms with Crippen LogP contribution in [0.3, 0.4) is 0 Å². The van der Waals surface area contributed by atoms with Crippen molar-refractivity contribution in [2.24, 2.45) is 0 Å². The van der Waals surface area contributed by atoms with Gasteiger partial charge in [-0.15, -0.1) is 0 Å². The minimum absolute atomic E-state index is 0.00820. The molecule has 1 saturated heterocycles. The van der Waals surface area contributed by atoms with Crippen molar-refractivity contribution in [3.63, 3.8) is 0 Å². The Morgan fingerprint density at radius 3 is 2.32 bits per heavy atom. The number of halogens is 1. The molecule has 0 unspecified atom stereocenters. The van der Waals surface area contributed by atoms with E-state index in [1.54, 1.807) is 31.2 Å². The van der Waals surface area contributed by atoms with E-state index in [4.69, 9.17) is 0 Å². The Kier molecular flexibility index (Phi) is 6.20. The van der Waals surface area contributed by atoms with Gasteiger partial charge in [-0.1, -0.05) is 6.07 Å². The van der Waals surface area contributed by atoms with Crippen molar-refractivity contribution >= 4 is 40.8 Å². The first-order chi connectivity index (χ1) is 17.7. The van der Waals surface area contributed by atoms with Gasteiger partial charge in [0, 0.05) is 24.5 Å². The van der Waals surface area contributed by atoms with Gasteiger partial charge in [0.1, 0.15) is 5.82 Å². The van der Waals surface area contributed by atoms with E-state index in [0.29, 0.717) is 11.3 Å². The molecule has 0 atom stereocenters. The Hall–Kier alpha value is -4.53. The molecule has 0 bridgehead atoms. The molecule has 3 amide bonds. The topological polar surface area (TPSA) is 107 Å². The van der Waals surface area contributed by atoms with E-state index < -0.39 is 29.5 Å². The lowest BCUT2D eigenvalue weighted by Gasteiger charge is -2.31. The maximum Gasteiger partial charge on any atom is 0.335 e. The number of carboxylic acid groups (broad SMARTS) is 1. The van der Waals surface area contributed by atoms with Crippen molar-refractivity contribution in [1.82, 2.24) is 0 Å². The molecule has 0 aliphatic carbocycles. The third kappa shape index (κ3) is 4.44. The lowest BCUT2D eigenvalue weighted by molar-refractivity contribution is 0.0696. The number of aromatic carboxylic acids is 1. The fourth-order valence-electron chi connectivity index (χ4n) is 4.73. The molecule has 0 saturated carbocycles. The number of piperidine rings is 1. The fraction of sp³-hybridized carbons (Fsp3) is 0.214. The smallest absolute Gasteiger partial charge is 0.335 e. The molecular formula is C28H24FN3O5. The lowest BCUT2D eigenvalue weighted by atomic mass is 10.0. The highest BCUT2D eigenvalue weighted by Crippen LogP contribution is 2.34. The average Bonchev–Trinajstić information content (AvgIpc) is 3.15. The number of benzene rings is 3. The number of nitrogens with zero attached hydrogens (tertiary/aromatic N) is 2. The minimum atomic E-state index is -1.21. The van der Waals surface area contributed by atoms with Crippen LogP contribution in [-0.4, -0.2) is 41.9 Å². The van der Waals surface area contributed by atoms with Gasteiger partial charge >= 0.3 is 5.97 Å². The van der Waals surface area contributed by atoms with E-state index in [-0.39, 0.29) is 33.6 Å². The number of fused-ring (bicyclic) bond motifs is 1. The summed E-state index contributed by atoms with van der Waals surface area (Å²) in [6.45, 7) is 3.13. The number of imide groups is 1. The molecule has 5 rings (SSSR count). The second-order valence-corrected chi connectivity index (χ2v) is 9.18. The number of hydrogen-bond donors (Lipinski definition) is 2. The Labute approximate surface area is 212 Å². The van der Waals surface area contributed by atoms with E-state index >= 15 is 0 Å².